The van der Waals surface area contributed by atoms with Crippen molar-refractivity contribution in [3.05, 3.63) is 33.9 Å². The largest absolute Gasteiger partial charge is 0.398 e. The molecular formula is C19H25FN4O. The lowest BCUT2D eigenvalue weighted by Crippen LogP contribution is -2.30. The molecule has 1 saturated carbocycles. The average Bonchev–Trinajstić information content (AvgIpc) is 3.25. The summed E-state index contributed by atoms with van der Waals surface area (Å²) in [4.78, 5) is 14.6. The molecule has 1 saturated heterocycles. The van der Waals surface area contributed by atoms with Gasteiger partial charge in [0.25, 0.3) is 5.56 Å². The predicted octanol–water partition coefficient (Wildman–Crippen LogP) is 2.54. The Balaban J connectivity index is 1.92. The molecule has 1 aliphatic carbocycles. The van der Waals surface area contributed by atoms with E-state index in [0.29, 0.717) is 22.7 Å². The number of halogens is 1. The lowest BCUT2D eigenvalue weighted by Gasteiger charge is -2.25. The van der Waals surface area contributed by atoms with Crippen molar-refractivity contribution in [2.45, 2.75) is 45.2 Å². The molecule has 1 aliphatic heterocycles. The Morgan fingerprint density at radius 2 is 2.00 bits per heavy atom. The van der Waals surface area contributed by atoms with Crippen molar-refractivity contribution in [3.8, 4) is 0 Å². The number of nitrogen functional groups attached to an aromatic ring is 1. The number of hydrogen-bond acceptors (Lipinski definition) is 4. The summed E-state index contributed by atoms with van der Waals surface area (Å²) in [6.45, 7) is 5.43. The van der Waals surface area contributed by atoms with Gasteiger partial charge in [0.15, 0.2) is 0 Å². The number of pyridine rings is 1. The van der Waals surface area contributed by atoms with Gasteiger partial charge in [0, 0.05) is 42.3 Å². The zero-order valence-electron chi connectivity index (χ0n) is 14.8. The first kappa shape index (κ1) is 16.4. The molecule has 0 amide bonds. The lowest BCUT2D eigenvalue weighted by molar-refractivity contribution is 0.487. The molecule has 2 fully saturated rings. The Morgan fingerprint density at radius 1 is 1.28 bits per heavy atom. The monoisotopic (exact) mass is 344 g/mol. The molecule has 4 N–H and O–H groups in total. The van der Waals surface area contributed by atoms with E-state index >= 15 is 0 Å². The summed E-state index contributed by atoms with van der Waals surface area (Å²) in [6, 6.07) is 3.21. The molecule has 2 aromatic rings. The van der Waals surface area contributed by atoms with E-state index in [0.717, 1.165) is 43.4 Å². The minimum Gasteiger partial charge on any atom is -0.398 e. The van der Waals surface area contributed by atoms with Gasteiger partial charge in [-0.1, -0.05) is 0 Å². The van der Waals surface area contributed by atoms with Crippen molar-refractivity contribution in [2.24, 2.45) is 11.7 Å². The number of benzene rings is 1. The van der Waals surface area contributed by atoms with Gasteiger partial charge in [-0.25, -0.2) is 4.39 Å². The minimum absolute atomic E-state index is 0.0918. The fraction of sp³-hybridized carbons (Fsp3) is 0.526. The zero-order valence-corrected chi connectivity index (χ0v) is 14.8. The standard InChI is InChI=1S/C19H25FN4O/c1-10-18-14(16(22)8-17(25)24(18)13-3-4-13)7-15(20)19(10)23-6-5-12(9-23)11(2)21/h7-8,11-13H,3-6,9,21-22H2,1-2H3/t11-,12+/m0/s1. The van der Waals surface area contributed by atoms with E-state index in [1.165, 1.54) is 12.1 Å². The van der Waals surface area contributed by atoms with E-state index in [-0.39, 0.29) is 23.5 Å². The molecule has 4 rings (SSSR count). The van der Waals surface area contributed by atoms with Crippen LogP contribution in [0.5, 0.6) is 0 Å². The second-order valence-electron chi connectivity index (χ2n) is 7.62. The van der Waals surface area contributed by atoms with Gasteiger partial charge in [-0.2, -0.15) is 0 Å². The molecule has 2 aliphatic rings. The van der Waals surface area contributed by atoms with Gasteiger partial charge in [-0.05, 0) is 50.7 Å². The lowest BCUT2D eigenvalue weighted by atomic mass is 10.0. The van der Waals surface area contributed by atoms with Crippen LogP contribution in [0.15, 0.2) is 16.9 Å². The fourth-order valence-electron chi connectivity index (χ4n) is 4.18. The Kier molecular flexibility index (Phi) is 3.76. The summed E-state index contributed by atoms with van der Waals surface area (Å²) in [5.74, 6) is 0.0870. The quantitative estimate of drug-likeness (QED) is 0.897. The fourth-order valence-corrected chi connectivity index (χ4v) is 4.18. The van der Waals surface area contributed by atoms with Crippen molar-refractivity contribution in [3.63, 3.8) is 0 Å². The van der Waals surface area contributed by atoms with Crippen LogP contribution in [0.25, 0.3) is 10.9 Å². The molecule has 1 aromatic heterocycles. The molecule has 134 valence electrons. The summed E-state index contributed by atoms with van der Waals surface area (Å²) in [5.41, 5.74) is 14.5. The third-order valence-electron chi connectivity index (χ3n) is 5.73. The van der Waals surface area contributed by atoms with E-state index in [2.05, 4.69) is 4.90 Å². The first-order valence-electron chi connectivity index (χ1n) is 9.02. The Morgan fingerprint density at radius 3 is 2.60 bits per heavy atom. The molecule has 0 spiro atoms. The van der Waals surface area contributed by atoms with Crippen LogP contribution < -0.4 is 21.9 Å². The zero-order chi connectivity index (χ0) is 17.9. The number of anilines is 2. The Bertz CT molecular complexity index is 901. The third kappa shape index (κ3) is 2.59. The first-order chi connectivity index (χ1) is 11.9. The van der Waals surface area contributed by atoms with Crippen molar-refractivity contribution in [1.29, 1.82) is 0 Å². The Labute approximate surface area is 146 Å². The summed E-state index contributed by atoms with van der Waals surface area (Å²) >= 11 is 0. The molecule has 0 bridgehead atoms. The normalized spacial score (nSPS) is 21.9. The highest BCUT2D eigenvalue weighted by molar-refractivity contribution is 5.95. The molecule has 0 radical (unpaired) electrons. The number of nitrogens with zero attached hydrogens (tertiary/aromatic N) is 2. The van der Waals surface area contributed by atoms with Crippen LogP contribution in [-0.2, 0) is 0 Å². The number of aryl methyl sites for hydroxylation is 1. The number of aromatic nitrogens is 1. The highest BCUT2D eigenvalue weighted by Crippen LogP contribution is 2.41. The molecule has 1 aromatic carbocycles. The minimum atomic E-state index is -0.275. The maximum atomic E-state index is 15.0. The topological polar surface area (TPSA) is 77.3 Å². The van der Waals surface area contributed by atoms with Gasteiger partial charge < -0.3 is 20.9 Å². The Hall–Kier alpha value is -2.08. The van der Waals surface area contributed by atoms with Gasteiger partial charge in [-0.15, -0.1) is 0 Å². The molecule has 6 heteroatoms. The molecule has 25 heavy (non-hydrogen) atoms. The highest BCUT2D eigenvalue weighted by Gasteiger charge is 2.31. The van der Waals surface area contributed by atoms with Crippen LogP contribution in [0.3, 0.4) is 0 Å². The van der Waals surface area contributed by atoms with Crippen LogP contribution in [0.1, 0.15) is 37.8 Å². The maximum Gasteiger partial charge on any atom is 0.253 e. The van der Waals surface area contributed by atoms with Gasteiger partial charge >= 0.3 is 0 Å². The number of nitrogens with two attached hydrogens (primary N) is 2. The van der Waals surface area contributed by atoms with E-state index in [9.17, 15) is 9.18 Å². The van der Waals surface area contributed by atoms with Crippen molar-refractivity contribution in [2.75, 3.05) is 23.7 Å². The van der Waals surface area contributed by atoms with Gasteiger partial charge in [0.2, 0.25) is 0 Å². The molecule has 2 atom stereocenters. The van der Waals surface area contributed by atoms with Crippen LogP contribution in [0.2, 0.25) is 0 Å². The van der Waals surface area contributed by atoms with Crippen molar-refractivity contribution < 1.29 is 4.39 Å². The smallest absolute Gasteiger partial charge is 0.253 e. The summed E-state index contributed by atoms with van der Waals surface area (Å²) < 4.78 is 16.8. The molecule has 0 unspecified atom stereocenters. The van der Waals surface area contributed by atoms with Crippen LogP contribution in [0, 0.1) is 18.7 Å². The first-order valence-corrected chi connectivity index (χ1v) is 9.02. The third-order valence-corrected chi connectivity index (χ3v) is 5.73. The number of fused-ring (bicyclic) bond motifs is 1. The van der Waals surface area contributed by atoms with E-state index in [1.807, 2.05) is 18.4 Å². The predicted molar refractivity (Wildman–Crippen MR) is 99.6 cm³/mol. The molecule has 5 nitrogen and oxygen atoms in total. The summed E-state index contributed by atoms with van der Waals surface area (Å²) in [5, 5.41) is 0.633. The average molecular weight is 344 g/mol. The van der Waals surface area contributed by atoms with Crippen molar-refractivity contribution in [1.82, 2.24) is 4.57 Å². The van der Waals surface area contributed by atoms with Gasteiger partial charge in [-0.3, -0.25) is 4.79 Å². The van der Waals surface area contributed by atoms with Gasteiger partial charge in [0.05, 0.1) is 11.2 Å². The summed E-state index contributed by atoms with van der Waals surface area (Å²) in [7, 11) is 0. The van der Waals surface area contributed by atoms with E-state index in [1.54, 1.807) is 0 Å². The maximum absolute atomic E-state index is 15.0. The number of rotatable bonds is 3. The number of hydrogen-bond donors (Lipinski definition) is 2. The molecule has 2 heterocycles. The van der Waals surface area contributed by atoms with Crippen LogP contribution in [-0.4, -0.2) is 23.7 Å². The van der Waals surface area contributed by atoms with Crippen LogP contribution >= 0.6 is 0 Å². The second kappa shape index (κ2) is 5.73. The second-order valence-corrected chi connectivity index (χ2v) is 7.62. The van der Waals surface area contributed by atoms with E-state index < -0.39 is 0 Å². The SMILES string of the molecule is Cc1c(N2CC[C@@H]([C@H](C)N)C2)c(F)cc2c(N)cc(=O)n(C3CC3)c12. The van der Waals surface area contributed by atoms with Gasteiger partial charge in [0.1, 0.15) is 5.82 Å². The highest BCUT2D eigenvalue weighted by atomic mass is 19.1. The van der Waals surface area contributed by atoms with Crippen LogP contribution in [0.4, 0.5) is 15.8 Å². The van der Waals surface area contributed by atoms with Crippen molar-refractivity contribution >= 4 is 22.3 Å². The summed E-state index contributed by atoms with van der Waals surface area (Å²) in [6.07, 6.45) is 2.93. The van der Waals surface area contributed by atoms with E-state index in [4.69, 9.17) is 11.5 Å². The molecular weight excluding hydrogens is 319 g/mol.